The van der Waals surface area contributed by atoms with Crippen LogP contribution in [0.1, 0.15) is 80.9 Å². The van der Waals surface area contributed by atoms with Gasteiger partial charge in [-0.05, 0) is 84.0 Å². The standard InChI is InChI=1S/C30H38O4/c1-3-4-5-21(2)29-16-25(12-15-30(29)34-20-28-19-33-28)24-8-6-22(7-9-24)23-10-13-26(14-11-23)31-17-27-18-32-27/h8,10-16,21-22,27-28H,3-7,9,17-20H2,1-2H3. The fourth-order valence-corrected chi connectivity index (χ4v) is 4.87. The van der Waals surface area contributed by atoms with E-state index in [1.165, 1.54) is 47.9 Å². The second-order valence-corrected chi connectivity index (χ2v) is 10.1. The lowest BCUT2D eigenvalue weighted by Gasteiger charge is -2.24. The highest BCUT2D eigenvalue weighted by molar-refractivity contribution is 5.68. The lowest BCUT2D eigenvalue weighted by atomic mass is 9.82. The summed E-state index contributed by atoms with van der Waals surface area (Å²) in [5.41, 5.74) is 5.59. The normalized spacial score (nSPS) is 24.3. The zero-order valence-electron chi connectivity index (χ0n) is 20.6. The third-order valence-electron chi connectivity index (χ3n) is 7.33. The monoisotopic (exact) mass is 462 g/mol. The first-order valence-corrected chi connectivity index (χ1v) is 13.1. The Labute approximate surface area is 204 Å². The van der Waals surface area contributed by atoms with Crippen molar-refractivity contribution in [2.24, 2.45) is 0 Å². The van der Waals surface area contributed by atoms with Crippen LogP contribution in [0.5, 0.6) is 11.5 Å². The van der Waals surface area contributed by atoms with Gasteiger partial charge in [-0.15, -0.1) is 0 Å². The zero-order valence-corrected chi connectivity index (χ0v) is 20.6. The molecular weight excluding hydrogens is 424 g/mol. The Morgan fingerprint density at radius 3 is 2.35 bits per heavy atom. The molecule has 2 heterocycles. The van der Waals surface area contributed by atoms with Gasteiger partial charge in [0, 0.05) is 0 Å². The molecule has 2 fully saturated rings. The van der Waals surface area contributed by atoms with Crippen molar-refractivity contribution in [3.05, 3.63) is 65.2 Å². The van der Waals surface area contributed by atoms with E-state index < -0.39 is 0 Å². The number of ether oxygens (including phenoxy) is 4. The minimum absolute atomic E-state index is 0.282. The summed E-state index contributed by atoms with van der Waals surface area (Å²) in [6, 6.07) is 15.5. The fourth-order valence-electron chi connectivity index (χ4n) is 4.87. The van der Waals surface area contributed by atoms with Crippen molar-refractivity contribution in [1.82, 2.24) is 0 Å². The number of hydrogen-bond acceptors (Lipinski definition) is 4. The highest BCUT2D eigenvalue weighted by atomic mass is 16.6. The molecule has 0 amide bonds. The number of allylic oxidation sites excluding steroid dienone is 2. The van der Waals surface area contributed by atoms with Gasteiger partial charge < -0.3 is 18.9 Å². The number of epoxide rings is 2. The Bertz CT molecular complexity index is 972. The van der Waals surface area contributed by atoms with Gasteiger partial charge in [-0.2, -0.15) is 0 Å². The van der Waals surface area contributed by atoms with Crippen LogP contribution in [0, 0.1) is 0 Å². The fraction of sp³-hybridized carbons (Fsp3) is 0.533. The van der Waals surface area contributed by atoms with E-state index in [1.807, 2.05) is 0 Å². The number of benzene rings is 2. The van der Waals surface area contributed by atoms with Gasteiger partial charge >= 0.3 is 0 Å². The van der Waals surface area contributed by atoms with Crippen molar-refractivity contribution < 1.29 is 18.9 Å². The van der Waals surface area contributed by atoms with Gasteiger partial charge in [-0.25, -0.2) is 0 Å². The van der Waals surface area contributed by atoms with Crippen LogP contribution in [-0.2, 0) is 9.47 Å². The Morgan fingerprint density at radius 1 is 0.971 bits per heavy atom. The molecule has 4 heteroatoms. The minimum atomic E-state index is 0.282. The summed E-state index contributed by atoms with van der Waals surface area (Å²) in [6.07, 6.45) is 10.1. The molecule has 1 aliphatic carbocycles. The molecule has 0 saturated carbocycles. The van der Waals surface area contributed by atoms with Gasteiger partial charge in [-0.3, -0.25) is 0 Å². The molecule has 2 aromatic carbocycles. The van der Waals surface area contributed by atoms with Crippen LogP contribution in [0.2, 0.25) is 0 Å². The first kappa shape index (κ1) is 23.4. The molecule has 0 bridgehead atoms. The summed E-state index contributed by atoms with van der Waals surface area (Å²) in [5.74, 6) is 3.05. The Morgan fingerprint density at radius 2 is 1.71 bits per heavy atom. The van der Waals surface area contributed by atoms with Crippen molar-refractivity contribution in [2.75, 3.05) is 26.4 Å². The van der Waals surface area contributed by atoms with E-state index >= 15 is 0 Å². The third kappa shape index (κ3) is 6.22. The second kappa shape index (κ2) is 11.0. The summed E-state index contributed by atoms with van der Waals surface area (Å²) in [4.78, 5) is 0. The van der Waals surface area contributed by atoms with E-state index in [0.717, 1.165) is 37.6 Å². The van der Waals surface area contributed by atoms with Crippen molar-refractivity contribution in [3.63, 3.8) is 0 Å². The summed E-state index contributed by atoms with van der Waals surface area (Å²) in [5, 5.41) is 0. The van der Waals surface area contributed by atoms with Crippen LogP contribution in [0.25, 0.3) is 5.57 Å². The van der Waals surface area contributed by atoms with Gasteiger partial charge in [0.05, 0.1) is 13.2 Å². The molecule has 4 unspecified atom stereocenters. The molecule has 2 aromatic rings. The highest BCUT2D eigenvalue weighted by Crippen LogP contribution is 2.39. The minimum Gasteiger partial charge on any atom is -0.491 e. The van der Waals surface area contributed by atoms with Gasteiger partial charge in [-0.1, -0.05) is 51.0 Å². The molecule has 5 rings (SSSR count). The van der Waals surface area contributed by atoms with E-state index in [1.54, 1.807) is 0 Å². The number of rotatable bonds is 12. The van der Waals surface area contributed by atoms with Crippen LogP contribution >= 0.6 is 0 Å². The highest BCUT2D eigenvalue weighted by Gasteiger charge is 2.25. The molecule has 0 N–H and O–H groups in total. The van der Waals surface area contributed by atoms with Crippen LogP contribution in [0.15, 0.2) is 48.5 Å². The summed E-state index contributed by atoms with van der Waals surface area (Å²) in [7, 11) is 0. The maximum atomic E-state index is 6.16. The molecule has 0 radical (unpaired) electrons. The SMILES string of the molecule is CCCCC(C)c1cc(C2=CCC(c3ccc(OCC4CO4)cc3)CC2)ccc1OCC1CO1. The summed E-state index contributed by atoms with van der Waals surface area (Å²) < 4.78 is 22.5. The lowest BCUT2D eigenvalue weighted by molar-refractivity contribution is 0.260. The van der Waals surface area contributed by atoms with E-state index in [2.05, 4.69) is 62.4 Å². The van der Waals surface area contributed by atoms with Crippen molar-refractivity contribution in [2.45, 2.75) is 76.4 Å². The van der Waals surface area contributed by atoms with Crippen LogP contribution in [0.3, 0.4) is 0 Å². The molecule has 0 spiro atoms. The van der Waals surface area contributed by atoms with E-state index in [-0.39, 0.29) is 6.10 Å². The molecule has 2 aliphatic heterocycles. The predicted molar refractivity (Wildman–Crippen MR) is 136 cm³/mol. The third-order valence-corrected chi connectivity index (χ3v) is 7.33. The van der Waals surface area contributed by atoms with Crippen molar-refractivity contribution >= 4 is 5.57 Å². The summed E-state index contributed by atoms with van der Waals surface area (Å²) >= 11 is 0. The first-order chi connectivity index (χ1) is 16.7. The van der Waals surface area contributed by atoms with E-state index in [9.17, 15) is 0 Å². The molecular formula is C30H38O4. The molecule has 182 valence electrons. The van der Waals surface area contributed by atoms with Gasteiger partial charge in [0.1, 0.15) is 36.9 Å². The lowest BCUT2D eigenvalue weighted by Crippen LogP contribution is -2.08. The van der Waals surface area contributed by atoms with Gasteiger partial charge in [0.2, 0.25) is 0 Å². The smallest absolute Gasteiger partial charge is 0.122 e. The van der Waals surface area contributed by atoms with Crippen molar-refractivity contribution in [1.29, 1.82) is 0 Å². The Kier molecular flexibility index (Phi) is 7.56. The van der Waals surface area contributed by atoms with Gasteiger partial charge in [0.15, 0.2) is 0 Å². The zero-order chi connectivity index (χ0) is 23.3. The number of hydrogen-bond donors (Lipinski definition) is 0. The molecule has 4 nitrogen and oxygen atoms in total. The Hall–Kier alpha value is -2.30. The molecule has 34 heavy (non-hydrogen) atoms. The van der Waals surface area contributed by atoms with Crippen LogP contribution < -0.4 is 9.47 Å². The largest absolute Gasteiger partial charge is 0.491 e. The van der Waals surface area contributed by atoms with E-state index in [4.69, 9.17) is 18.9 Å². The Balaban J connectivity index is 1.24. The first-order valence-electron chi connectivity index (χ1n) is 13.1. The van der Waals surface area contributed by atoms with Crippen molar-refractivity contribution in [3.8, 4) is 11.5 Å². The quantitative estimate of drug-likeness (QED) is 0.322. The number of unbranched alkanes of at least 4 members (excludes halogenated alkanes) is 1. The average Bonchev–Trinajstić information content (AvgIpc) is 3.81. The molecule has 4 atom stereocenters. The molecule has 0 aromatic heterocycles. The molecule has 2 saturated heterocycles. The van der Waals surface area contributed by atoms with E-state index in [0.29, 0.717) is 31.2 Å². The molecule has 3 aliphatic rings. The predicted octanol–water partition coefficient (Wildman–Crippen LogP) is 6.89. The van der Waals surface area contributed by atoms with Gasteiger partial charge in [0.25, 0.3) is 0 Å². The van der Waals surface area contributed by atoms with Crippen LogP contribution in [0.4, 0.5) is 0 Å². The maximum Gasteiger partial charge on any atom is 0.122 e. The topological polar surface area (TPSA) is 43.5 Å². The second-order valence-electron chi connectivity index (χ2n) is 10.1. The maximum absolute atomic E-state index is 6.16. The summed E-state index contributed by atoms with van der Waals surface area (Å²) in [6.45, 7) is 7.59. The average molecular weight is 463 g/mol. The van der Waals surface area contributed by atoms with Crippen LogP contribution in [-0.4, -0.2) is 38.6 Å².